The predicted octanol–water partition coefficient (Wildman–Crippen LogP) is 2.42. The molecule has 2 aromatic rings. The Morgan fingerprint density at radius 1 is 1.22 bits per heavy atom. The van der Waals surface area contributed by atoms with Crippen LogP contribution in [0.1, 0.15) is 39.2 Å². The van der Waals surface area contributed by atoms with Crippen LogP contribution in [-0.4, -0.2) is 15.5 Å². The van der Waals surface area contributed by atoms with Crippen molar-refractivity contribution in [2.75, 3.05) is 10.6 Å². The molecule has 2 rings (SSSR count). The van der Waals surface area contributed by atoms with Crippen molar-refractivity contribution in [3.8, 4) is 0 Å². The number of hydrogen-bond acceptors (Lipinski definition) is 4. The van der Waals surface area contributed by atoms with Gasteiger partial charge >= 0.3 is 5.69 Å². The highest BCUT2D eigenvalue weighted by Gasteiger charge is 2.23. The van der Waals surface area contributed by atoms with Gasteiger partial charge in [0.15, 0.2) is 5.69 Å². The van der Waals surface area contributed by atoms with Crippen LogP contribution >= 0.6 is 0 Å². The number of carbonyl (C=O) groups is 1. The summed E-state index contributed by atoms with van der Waals surface area (Å²) in [7, 11) is 0. The van der Waals surface area contributed by atoms with Crippen molar-refractivity contribution < 1.29 is 4.79 Å². The summed E-state index contributed by atoms with van der Waals surface area (Å²) in [4.78, 5) is 41.1. The maximum atomic E-state index is 12.8. The fourth-order valence-corrected chi connectivity index (χ4v) is 2.73. The number of benzene rings is 1. The summed E-state index contributed by atoms with van der Waals surface area (Å²) in [6, 6.07) is 9.31. The van der Waals surface area contributed by atoms with Crippen molar-refractivity contribution in [1.82, 2.24) is 9.55 Å². The van der Waals surface area contributed by atoms with Gasteiger partial charge in [0.05, 0.1) is 6.54 Å². The average molecular weight is 370 g/mol. The number of unbranched alkanes of at least 4 members (excludes halogenated alkanes) is 1. The SMILES string of the molecule is CCCCn1c(N)c(N(Cc2ccccc2)C(=O)C=C(C)C)c(=O)[nH]c1=O. The Kier molecular flexibility index (Phi) is 6.76. The lowest BCUT2D eigenvalue weighted by atomic mass is 10.2. The van der Waals surface area contributed by atoms with Crippen LogP contribution < -0.4 is 21.9 Å². The molecule has 0 saturated carbocycles. The lowest BCUT2D eigenvalue weighted by Crippen LogP contribution is -2.40. The summed E-state index contributed by atoms with van der Waals surface area (Å²) < 4.78 is 1.31. The summed E-state index contributed by atoms with van der Waals surface area (Å²) >= 11 is 0. The van der Waals surface area contributed by atoms with Crippen LogP contribution in [0.2, 0.25) is 0 Å². The third-order valence-electron chi connectivity index (χ3n) is 4.08. The minimum Gasteiger partial charge on any atom is -0.383 e. The quantitative estimate of drug-likeness (QED) is 0.731. The molecular weight excluding hydrogens is 344 g/mol. The van der Waals surface area contributed by atoms with E-state index in [1.165, 1.54) is 15.5 Å². The highest BCUT2D eigenvalue weighted by molar-refractivity contribution is 6.03. The lowest BCUT2D eigenvalue weighted by molar-refractivity contribution is -0.114. The third-order valence-corrected chi connectivity index (χ3v) is 4.08. The molecule has 0 radical (unpaired) electrons. The largest absolute Gasteiger partial charge is 0.383 e. The molecule has 0 fully saturated rings. The van der Waals surface area contributed by atoms with Crippen LogP contribution in [0, 0.1) is 0 Å². The number of nitrogen functional groups attached to an aromatic ring is 1. The first-order chi connectivity index (χ1) is 12.8. The first kappa shape index (κ1) is 20.2. The second-order valence-corrected chi connectivity index (χ2v) is 6.63. The van der Waals surface area contributed by atoms with Crippen LogP contribution in [0.25, 0.3) is 0 Å². The minimum atomic E-state index is -0.670. The number of hydrogen-bond donors (Lipinski definition) is 2. The molecule has 3 N–H and O–H groups in total. The number of rotatable bonds is 7. The molecule has 0 aliphatic carbocycles. The zero-order valence-corrected chi connectivity index (χ0v) is 16.0. The zero-order chi connectivity index (χ0) is 20.0. The van der Waals surface area contributed by atoms with E-state index in [4.69, 9.17) is 5.73 Å². The van der Waals surface area contributed by atoms with E-state index >= 15 is 0 Å². The van der Waals surface area contributed by atoms with Crippen LogP contribution in [0.15, 0.2) is 51.6 Å². The van der Waals surface area contributed by atoms with Crippen molar-refractivity contribution in [1.29, 1.82) is 0 Å². The molecule has 0 unspecified atom stereocenters. The van der Waals surface area contributed by atoms with Gasteiger partial charge in [0.1, 0.15) is 5.82 Å². The highest BCUT2D eigenvalue weighted by atomic mass is 16.2. The number of H-pyrrole nitrogens is 1. The van der Waals surface area contributed by atoms with Gasteiger partial charge < -0.3 is 5.73 Å². The Morgan fingerprint density at radius 3 is 2.48 bits per heavy atom. The first-order valence-corrected chi connectivity index (χ1v) is 8.98. The summed E-state index contributed by atoms with van der Waals surface area (Å²) in [5.41, 5.74) is 6.58. The molecule has 7 heteroatoms. The number of nitrogens with one attached hydrogen (secondary N) is 1. The Hall–Kier alpha value is -3.09. The monoisotopic (exact) mass is 370 g/mol. The van der Waals surface area contributed by atoms with Gasteiger partial charge in [-0.1, -0.05) is 49.2 Å². The second-order valence-electron chi connectivity index (χ2n) is 6.63. The summed E-state index contributed by atoms with van der Waals surface area (Å²) in [5.74, 6) is -0.361. The molecule has 0 atom stereocenters. The minimum absolute atomic E-state index is 0.00273. The average Bonchev–Trinajstić information content (AvgIpc) is 2.60. The van der Waals surface area contributed by atoms with Crippen molar-refractivity contribution in [3.63, 3.8) is 0 Å². The molecule has 0 aliphatic rings. The lowest BCUT2D eigenvalue weighted by Gasteiger charge is -2.24. The van der Waals surface area contributed by atoms with E-state index in [0.29, 0.717) is 6.54 Å². The summed E-state index contributed by atoms with van der Waals surface area (Å²) in [5, 5.41) is 0. The molecule has 1 aromatic heterocycles. The molecule has 7 nitrogen and oxygen atoms in total. The number of aromatic amines is 1. The van der Waals surface area contributed by atoms with E-state index in [1.54, 1.807) is 13.8 Å². The van der Waals surface area contributed by atoms with E-state index in [9.17, 15) is 14.4 Å². The molecule has 27 heavy (non-hydrogen) atoms. The zero-order valence-electron chi connectivity index (χ0n) is 16.0. The normalized spacial score (nSPS) is 10.5. The Morgan fingerprint density at radius 2 is 1.89 bits per heavy atom. The van der Waals surface area contributed by atoms with Gasteiger partial charge in [-0.25, -0.2) is 4.79 Å². The standard InChI is InChI=1S/C20H26N4O3/c1-4-5-11-23-18(21)17(19(26)22-20(23)27)24(16(25)12-14(2)3)13-15-9-7-6-8-10-15/h6-10,12H,4-5,11,13,21H2,1-3H3,(H,22,26,27). The number of amides is 1. The van der Waals surface area contributed by atoms with E-state index in [1.807, 2.05) is 37.3 Å². The van der Waals surface area contributed by atoms with E-state index in [-0.39, 0.29) is 24.0 Å². The summed E-state index contributed by atoms with van der Waals surface area (Å²) in [6.07, 6.45) is 3.05. The molecule has 0 saturated heterocycles. The maximum absolute atomic E-state index is 12.8. The topological polar surface area (TPSA) is 101 Å². The second kappa shape index (κ2) is 9.02. The Bertz CT molecular complexity index is 938. The number of aromatic nitrogens is 2. The van der Waals surface area contributed by atoms with Crippen molar-refractivity contribution in [3.05, 3.63) is 68.4 Å². The van der Waals surface area contributed by atoms with Crippen LogP contribution in [0.3, 0.4) is 0 Å². The molecular formula is C20H26N4O3. The van der Waals surface area contributed by atoms with Crippen LogP contribution in [-0.2, 0) is 17.9 Å². The first-order valence-electron chi connectivity index (χ1n) is 8.98. The predicted molar refractivity (Wildman–Crippen MR) is 108 cm³/mol. The van der Waals surface area contributed by atoms with Crippen LogP contribution in [0.5, 0.6) is 0 Å². The molecule has 0 spiro atoms. The highest BCUT2D eigenvalue weighted by Crippen LogP contribution is 2.20. The van der Waals surface area contributed by atoms with Crippen molar-refractivity contribution >= 4 is 17.4 Å². The van der Waals surface area contributed by atoms with Gasteiger partial charge in [0, 0.05) is 12.6 Å². The number of anilines is 2. The molecule has 0 aliphatic heterocycles. The number of nitrogens with two attached hydrogens (primary N) is 1. The number of nitrogens with zero attached hydrogens (tertiary/aromatic N) is 2. The van der Waals surface area contributed by atoms with Crippen LogP contribution in [0.4, 0.5) is 11.5 Å². The molecule has 1 aromatic carbocycles. The fourth-order valence-electron chi connectivity index (χ4n) is 2.73. The maximum Gasteiger partial charge on any atom is 0.330 e. The van der Waals surface area contributed by atoms with Gasteiger partial charge in [0.25, 0.3) is 11.5 Å². The molecule has 1 amide bonds. The van der Waals surface area contributed by atoms with E-state index in [0.717, 1.165) is 24.0 Å². The number of allylic oxidation sites excluding steroid dienone is 1. The van der Waals surface area contributed by atoms with Crippen molar-refractivity contribution in [2.45, 2.75) is 46.7 Å². The van der Waals surface area contributed by atoms with E-state index in [2.05, 4.69) is 4.98 Å². The smallest absolute Gasteiger partial charge is 0.330 e. The molecule has 1 heterocycles. The fraction of sp³-hybridized carbons (Fsp3) is 0.350. The van der Waals surface area contributed by atoms with Gasteiger partial charge in [-0.05, 0) is 25.8 Å². The Labute approximate surface area is 158 Å². The third kappa shape index (κ3) is 4.97. The Balaban J connectivity index is 2.61. The van der Waals surface area contributed by atoms with Gasteiger partial charge in [-0.15, -0.1) is 0 Å². The molecule has 144 valence electrons. The molecule has 0 bridgehead atoms. The van der Waals surface area contributed by atoms with E-state index < -0.39 is 11.2 Å². The van der Waals surface area contributed by atoms with Gasteiger partial charge in [0.2, 0.25) is 0 Å². The van der Waals surface area contributed by atoms with Crippen molar-refractivity contribution in [2.24, 2.45) is 0 Å². The van der Waals surface area contributed by atoms with Gasteiger partial charge in [-0.3, -0.25) is 24.0 Å². The summed E-state index contributed by atoms with van der Waals surface area (Å²) in [6.45, 7) is 6.14. The number of carbonyl (C=O) groups excluding carboxylic acids is 1. The van der Waals surface area contributed by atoms with Gasteiger partial charge in [-0.2, -0.15) is 0 Å².